The van der Waals surface area contributed by atoms with Crippen LogP contribution in [-0.2, 0) is 6.54 Å². The Balaban J connectivity index is 1.65. The lowest BCUT2D eigenvalue weighted by Gasteiger charge is -2.11. The second-order valence-corrected chi connectivity index (χ2v) is 5.90. The molecule has 6 heteroatoms. The third-order valence-electron chi connectivity index (χ3n) is 3.90. The van der Waals surface area contributed by atoms with Gasteiger partial charge in [-0.3, -0.25) is 0 Å². The minimum Gasteiger partial charge on any atom is -0.467 e. The lowest BCUT2D eigenvalue weighted by molar-refractivity contribution is 0.518. The number of hydrogen-bond acceptors (Lipinski definition) is 5. The van der Waals surface area contributed by atoms with Gasteiger partial charge in [-0.2, -0.15) is 4.98 Å². The van der Waals surface area contributed by atoms with Gasteiger partial charge in [0.15, 0.2) is 0 Å². The topological polar surface area (TPSA) is 63.0 Å². The van der Waals surface area contributed by atoms with Crippen LogP contribution in [0.15, 0.2) is 83.5 Å². The second-order valence-electron chi connectivity index (χ2n) is 5.90. The molecule has 0 atom stereocenters. The molecule has 134 valence electrons. The number of nitrogens with zero attached hydrogens (tertiary/aromatic N) is 2. The minimum atomic E-state index is -0.324. The van der Waals surface area contributed by atoms with Crippen LogP contribution in [0.1, 0.15) is 5.76 Å². The monoisotopic (exact) mass is 360 g/mol. The van der Waals surface area contributed by atoms with Gasteiger partial charge in [-0.1, -0.05) is 36.4 Å². The van der Waals surface area contributed by atoms with Gasteiger partial charge in [0.1, 0.15) is 17.4 Å². The van der Waals surface area contributed by atoms with E-state index < -0.39 is 0 Å². The van der Waals surface area contributed by atoms with Crippen molar-refractivity contribution in [2.24, 2.45) is 0 Å². The van der Waals surface area contributed by atoms with Gasteiger partial charge in [0, 0.05) is 17.3 Å². The van der Waals surface area contributed by atoms with Crippen LogP contribution in [0.5, 0.6) is 0 Å². The molecule has 0 spiro atoms. The minimum absolute atomic E-state index is 0.324. The summed E-state index contributed by atoms with van der Waals surface area (Å²) in [6.45, 7) is 0.498. The summed E-state index contributed by atoms with van der Waals surface area (Å²) in [5, 5.41) is 6.30. The van der Waals surface area contributed by atoms with E-state index in [-0.39, 0.29) is 5.82 Å². The number of hydrogen-bond donors (Lipinski definition) is 2. The van der Waals surface area contributed by atoms with E-state index in [1.54, 1.807) is 18.4 Å². The average Bonchev–Trinajstić information content (AvgIpc) is 3.21. The van der Waals surface area contributed by atoms with Crippen LogP contribution in [0, 0.1) is 5.82 Å². The summed E-state index contributed by atoms with van der Waals surface area (Å²) < 4.78 is 18.8. The van der Waals surface area contributed by atoms with Gasteiger partial charge in [0.25, 0.3) is 0 Å². The maximum Gasteiger partial charge on any atom is 0.229 e. The number of anilines is 3. The van der Waals surface area contributed by atoms with Crippen LogP contribution >= 0.6 is 0 Å². The summed E-state index contributed by atoms with van der Waals surface area (Å²) in [4.78, 5) is 9.05. The van der Waals surface area contributed by atoms with Crippen LogP contribution in [0.4, 0.5) is 21.8 Å². The molecular formula is C21H17FN4O. The van der Waals surface area contributed by atoms with E-state index in [2.05, 4.69) is 20.6 Å². The van der Waals surface area contributed by atoms with E-state index in [1.165, 1.54) is 12.1 Å². The number of benzene rings is 2. The van der Waals surface area contributed by atoms with Crippen LogP contribution in [0.2, 0.25) is 0 Å². The Labute approximate surface area is 155 Å². The molecule has 5 nitrogen and oxygen atoms in total. The summed E-state index contributed by atoms with van der Waals surface area (Å²) in [7, 11) is 0. The maximum absolute atomic E-state index is 13.5. The number of halogens is 1. The number of aromatic nitrogens is 2. The van der Waals surface area contributed by atoms with Crippen LogP contribution in [0.3, 0.4) is 0 Å². The van der Waals surface area contributed by atoms with Crippen molar-refractivity contribution in [2.75, 3.05) is 10.6 Å². The van der Waals surface area contributed by atoms with Crippen molar-refractivity contribution in [1.29, 1.82) is 0 Å². The average molecular weight is 360 g/mol. The van der Waals surface area contributed by atoms with Gasteiger partial charge >= 0.3 is 0 Å². The van der Waals surface area contributed by atoms with Crippen molar-refractivity contribution in [2.45, 2.75) is 6.54 Å². The highest BCUT2D eigenvalue weighted by Crippen LogP contribution is 2.23. The van der Waals surface area contributed by atoms with Crippen molar-refractivity contribution in [3.05, 3.63) is 90.6 Å². The summed E-state index contributed by atoms with van der Waals surface area (Å²) in [5.74, 6) is 1.49. The lowest BCUT2D eigenvalue weighted by Crippen LogP contribution is -2.05. The van der Waals surface area contributed by atoms with E-state index in [4.69, 9.17) is 4.42 Å². The van der Waals surface area contributed by atoms with E-state index in [0.717, 1.165) is 17.0 Å². The van der Waals surface area contributed by atoms with Gasteiger partial charge in [0.2, 0.25) is 5.95 Å². The van der Waals surface area contributed by atoms with Gasteiger partial charge in [-0.25, -0.2) is 9.37 Å². The Morgan fingerprint density at radius 3 is 2.56 bits per heavy atom. The molecular weight excluding hydrogens is 343 g/mol. The first-order valence-electron chi connectivity index (χ1n) is 8.50. The summed E-state index contributed by atoms with van der Waals surface area (Å²) in [6.07, 6.45) is 1.63. The van der Waals surface area contributed by atoms with Gasteiger partial charge in [-0.05, 0) is 30.3 Å². The van der Waals surface area contributed by atoms with Crippen LogP contribution < -0.4 is 10.6 Å². The first kappa shape index (κ1) is 16.8. The fraction of sp³-hybridized carbons (Fsp3) is 0.0476. The molecule has 0 aliphatic carbocycles. The first-order chi connectivity index (χ1) is 13.3. The highest BCUT2D eigenvalue weighted by atomic mass is 19.1. The molecule has 0 aliphatic rings. The maximum atomic E-state index is 13.5. The van der Waals surface area contributed by atoms with Crippen molar-refractivity contribution >= 4 is 17.5 Å². The summed E-state index contributed by atoms with van der Waals surface area (Å²) in [5.41, 5.74) is 2.30. The molecule has 0 bridgehead atoms. The smallest absolute Gasteiger partial charge is 0.229 e. The Hall–Kier alpha value is -3.67. The molecule has 2 aromatic carbocycles. The zero-order valence-corrected chi connectivity index (χ0v) is 14.4. The van der Waals surface area contributed by atoms with Crippen molar-refractivity contribution in [3.8, 4) is 11.3 Å². The van der Waals surface area contributed by atoms with Crippen LogP contribution in [0.25, 0.3) is 11.3 Å². The molecule has 0 unspecified atom stereocenters. The molecule has 0 amide bonds. The van der Waals surface area contributed by atoms with E-state index >= 15 is 0 Å². The first-order valence-corrected chi connectivity index (χ1v) is 8.50. The largest absolute Gasteiger partial charge is 0.467 e. The van der Waals surface area contributed by atoms with Gasteiger partial charge in [-0.15, -0.1) is 0 Å². The Morgan fingerprint density at radius 1 is 0.889 bits per heavy atom. The molecule has 4 aromatic rings. The van der Waals surface area contributed by atoms with Crippen molar-refractivity contribution in [1.82, 2.24) is 9.97 Å². The molecule has 2 heterocycles. The van der Waals surface area contributed by atoms with E-state index in [1.807, 2.05) is 48.5 Å². The third-order valence-corrected chi connectivity index (χ3v) is 3.90. The lowest BCUT2D eigenvalue weighted by atomic mass is 10.1. The highest BCUT2D eigenvalue weighted by Gasteiger charge is 2.08. The zero-order valence-electron chi connectivity index (χ0n) is 14.4. The SMILES string of the molecule is Fc1cccc(Nc2nc(NCc3ccco3)cc(-c3ccccc3)n2)c1. The molecule has 2 N–H and O–H groups in total. The summed E-state index contributed by atoms with van der Waals surface area (Å²) in [6, 6.07) is 21.6. The molecule has 4 rings (SSSR count). The third kappa shape index (κ3) is 4.30. The molecule has 2 aromatic heterocycles. The summed E-state index contributed by atoms with van der Waals surface area (Å²) >= 11 is 0. The molecule has 0 fully saturated rings. The quantitative estimate of drug-likeness (QED) is 0.493. The number of furan rings is 1. The standard InChI is InChI=1S/C21H17FN4O/c22-16-8-4-9-17(12-16)24-21-25-19(15-6-2-1-3-7-15)13-20(26-21)23-14-18-10-5-11-27-18/h1-13H,14H2,(H2,23,24,25,26). The molecule has 0 radical (unpaired) electrons. The van der Waals surface area contributed by atoms with Crippen molar-refractivity contribution < 1.29 is 8.81 Å². The fourth-order valence-corrected chi connectivity index (χ4v) is 2.64. The van der Waals surface area contributed by atoms with E-state index in [0.29, 0.717) is 24.0 Å². The van der Waals surface area contributed by atoms with Crippen molar-refractivity contribution in [3.63, 3.8) is 0 Å². The number of rotatable bonds is 6. The Bertz CT molecular complexity index is 1020. The van der Waals surface area contributed by atoms with Gasteiger partial charge < -0.3 is 15.1 Å². The highest BCUT2D eigenvalue weighted by molar-refractivity contribution is 5.66. The molecule has 0 aliphatic heterocycles. The Kier molecular flexibility index (Phi) is 4.78. The van der Waals surface area contributed by atoms with E-state index in [9.17, 15) is 4.39 Å². The molecule has 0 saturated heterocycles. The second kappa shape index (κ2) is 7.70. The fourth-order valence-electron chi connectivity index (χ4n) is 2.64. The normalized spacial score (nSPS) is 10.6. The van der Waals surface area contributed by atoms with Gasteiger partial charge in [0.05, 0.1) is 18.5 Å². The predicted molar refractivity (Wildman–Crippen MR) is 103 cm³/mol. The molecule has 27 heavy (non-hydrogen) atoms. The Morgan fingerprint density at radius 2 is 1.78 bits per heavy atom. The molecule has 0 saturated carbocycles. The zero-order chi connectivity index (χ0) is 18.5. The predicted octanol–water partition coefficient (Wildman–Crippen LogP) is 5.23. The number of nitrogens with one attached hydrogen (secondary N) is 2. The van der Waals surface area contributed by atoms with Crippen LogP contribution in [-0.4, -0.2) is 9.97 Å².